The maximum absolute atomic E-state index is 12.0. The Labute approximate surface area is 84.2 Å². The summed E-state index contributed by atoms with van der Waals surface area (Å²) in [5.41, 5.74) is 0. The normalized spacial score (nSPS) is 19.6. The van der Waals surface area contributed by atoms with Crippen molar-refractivity contribution in [1.82, 2.24) is 4.90 Å². The standard InChI is InChI=1S/C10H18FNO2/c1-9(13)14-8-10-2-5-12(6-3-10)7-4-11/h10H,2-8H2,1H3/i11-1. The van der Waals surface area contributed by atoms with Crippen molar-refractivity contribution in [3.63, 3.8) is 0 Å². The number of hydrogen-bond acceptors (Lipinski definition) is 3. The van der Waals surface area contributed by atoms with Gasteiger partial charge in [-0.15, -0.1) is 0 Å². The second-order valence-corrected chi connectivity index (χ2v) is 3.78. The number of ether oxygens (including phenoxy) is 1. The number of carbonyl (C=O) groups excluding carboxylic acids is 1. The minimum absolute atomic E-state index is 0.212. The van der Waals surface area contributed by atoms with Gasteiger partial charge in [-0.25, -0.2) is 4.39 Å². The van der Waals surface area contributed by atoms with Gasteiger partial charge in [0, 0.05) is 13.5 Å². The maximum atomic E-state index is 12.0. The van der Waals surface area contributed by atoms with Crippen LogP contribution >= 0.6 is 0 Å². The first-order valence-electron chi connectivity index (χ1n) is 5.14. The lowest BCUT2D eigenvalue weighted by molar-refractivity contribution is -0.142. The third kappa shape index (κ3) is 4.05. The number of alkyl halides is 1. The minimum Gasteiger partial charge on any atom is -0.466 e. The second-order valence-electron chi connectivity index (χ2n) is 3.78. The molecule has 1 saturated heterocycles. The average Bonchev–Trinajstić information content (AvgIpc) is 2.17. The predicted octanol–water partition coefficient (Wildman–Crippen LogP) is 1.23. The molecular formula is C10H18FNO2. The number of halogens is 1. The summed E-state index contributed by atoms with van der Waals surface area (Å²) in [6.45, 7) is 4.08. The highest BCUT2D eigenvalue weighted by Gasteiger charge is 2.19. The van der Waals surface area contributed by atoms with Gasteiger partial charge in [0.25, 0.3) is 0 Å². The lowest BCUT2D eigenvalue weighted by Gasteiger charge is -2.30. The number of rotatable bonds is 4. The zero-order valence-electron chi connectivity index (χ0n) is 8.67. The first kappa shape index (κ1) is 11.4. The van der Waals surface area contributed by atoms with E-state index >= 15 is 0 Å². The molecule has 0 saturated carbocycles. The average molecular weight is 202 g/mol. The van der Waals surface area contributed by atoms with E-state index in [1.165, 1.54) is 6.92 Å². The molecule has 0 atom stereocenters. The van der Waals surface area contributed by atoms with E-state index in [1.54, 1.807) is 0 Å². The molecule has 0 aromatic heterocycles. The molecule has 0 unspecified atom stereocenters. The van der Waals surface area contributed by atoms with Gasteiger partial charge in [-0.1, -0.05) is 0 Å². The molecule has 4 heteroatoms. The molecule has 1 aliphatic heterocycles. The van der Waals surface area contributed by atoms with Crippen LogP contribution in [0.15, 0.2) is 0 Å². The molecule has 1 heterocycles. The predicted molar refractivity (Wildman–Crippen MR) is 51.8 cm³/mol. The molecule has 3 nitrogen and oxygen atoms in total. The van der Waals surface area contributed by atoms with Gasteiger partial charge in [-0.05, 0) is 31.8 Å². The quantitative estimate of drug-likeness (QED) is 0.642. The van der Waals surface area contributed by atoms with Crippen LogP contribution < -0.4 is 0 Å². The lowest BCUT2D eigenvalue weighted by Crippen LogP contribution is -2.36. The van der Waals surface area contributed by atoms with Crippen molar-refractivity contribution in [3.05, 3.63) is 0 Å². The number of likely N-dealkylation sites (tertiary alicyclic amines) is 1. The van der Waals surface area contributed by atoms with Crippen LogP contribution in [-0.4, -0.2) is 43.8 Å². The third-order valence-electron chi connectivity index (χ3n) is 2.63. The molecule has 0 bridgehead atoms. The van der Waals surface area contributed by atoms with E-state index in [0.29, 0.717) is 19.1 Å². The second kappa shape index (κ2) is 5.96. The van der Waals surface area contributed by atoms with Gasteiger partial charge in [0.1, 0.15) is 6.67 Å². The fourth-order valence-electron chi connectivity index (χ4n) is 1.73. The van der Waals surface area contributed by atoms with Crippen molar-refractivity contribution >= 4 is 5.97 Å². The number of nitrogens with zero attached hydrogens (tertiary/aromatic N) is 1. The molecule has 1 fully saturated rings. The third-order valence-corrected chi connectivity index (χ3v) is 2.63. The summed E-state index contributed by atoms with van der Waals surface area (Å²) >= 11 is 0. The number of hydrogen-bond donors (Lipinski definition) is 0. The smallest absolute Gasteiger partial charge is 0.302 e. The van der Waals surface area contributed by atoms with E-state index in [2.05, 4.69) is 4.90 Å². The highest BCUT2D eigenvalue weighted by molar-refractivity contribution is 5.65. The Balaban J connectivity index is 2.12. The lowest BCUT2D eigenvalue weighted by atomic mass is 9.98. The first-order valence-corrected chi connectivity index (χ1v) is 5.14. The Morgan fingerprint density at radius 1 is 1.50 bits per heavy atom. The summed E-state index contributed by atoms with van der Waals surface area (Å²) in [5, 5.41) is 0. The Kier molecular flexibility index (Phi) is 4.87. The van der Waals surface area contributed by atoms with Crippen molar-refractivity contribution in [2.24, 2.45) is 5.92 Å². The van der Waals surface area contributed by atoms with E-state index in [-0.39, 0.29) is 12.6 Å². The fraction of sp³-hybridized carbons (Fsp3) is 0.900. The van der Waals surface area contributed by atoms with Crippen LogP contribution in [0.2, 0.25) is 0 Å². The molecule has 0 aromatic carbocycles. The SMILES string of the molecule is CC(=O)OCC1CCN(CC[18F])CC1. The maximum Gasteiger partial charge on any atom is 0.302 e. The summed E-state index contributed by atoms with van der Waals surface area (Å²) in [7, 11) is 0. The van der Waals surface area contributed by atoms with Crippen molar-refractivity contribution in [2.75, 3.05) is 32.9 Å². The van der Waals surface area contributed by atoms with Crippen LogP contribution in [0.25, 0.3) is 0 Å². The van der Waals surface area contributed by atoms with Gasteiger partial charge in [0.15, 0.2) is 0 Å². The van der Waals surface area contributed by atoms with Crippen LogP contribution in [-0.2, 0) is 9.53 Å². The van der Waals surface area contributed by atoms with Crippen LogP contribution in [0.4, 0.5) is 4.39 Å². The highest BCUT2D eigenvalue weighted by atomic mass is 18.2. The van der Waals surface area contributed by atoms with Gasteiger partial charge < -0.3 is 9.64 Å². The van der Waals surface area contributed by atoms with Crippen LogP contribution in [0, 0.1) is 5.92 Å². The molecule has 0 N–H and O–H groups in total. The minimum atomic E-state index is -0.269. The van der Waals surface area contributed by atoms with Gasteiger partial charge >= 0.3 is 5.97 Å². The largest absolute Gasteiger partial charge is 0.466 e. The number of carbonyl (C=O) groups is 1. The zero-order valence-corrected chi connectivity index (χ0v) is 8.67. The summed E-state index contributed by atoms with van der Waals surface area (Å²) < 4.78 is 17.0. The molecule has 1 rings (SSSR count). The highest BCUT2D eigenvalue weighted by Crippen LogP contribution is 2.17. The van der Waals surface area contributed by atoms with Gasteiger partial charge in [-0.3, -0.25) is 4.79 Å². The van der Waals surface area contributed by atoms with E-state index in [9.17, 15) is 9.18 Å². The molecular weight excluding hydrogens is 184 g/mol. The Hall–Kier alpha value is -0.640. The zero-order chi connectivity index (χ0) is 10.4. The fourth-order valence-corrected chi connectivity index (χ4v) is 1.73. The van der Waals surface area contributed by atoms with Crippen LogP contribution in [0.1, 0.15) is 19.8 Å². The Morgan fingerprint density at radius 3 is 2.64 bits per heavy atom. The van der Waals surface area contributed by atoms with Crippen molar-refractivity contribution in [3.8, 4) is 0 Å². The van der Waals surface area contributed by atoms with E-state index in [4.69, 9.17) is 4.74 Å². The molecule has 0 aromatic rings. The molecule has 1 aliphatic rings. The summed E-state index contributed by atoms with van der Waals surface area (Å²) in [6.07, 6.45) is 2.01. The van der Waals surface area contributed by atoms with Gasteiger partial charge in [0.2, 0.25) is 0 Å². The molecule has 0 spiro atoms. The summed E-state index contributed by atoms with van der Waals surface area (Å²) in [4.78, 5) is 12.7. The van der Waals surface area contributed by atoms with Crippen LogP contribution in [0.3, 0.4) is 0 Å². The molecule has 0 amide bonds. The van der Waals surface area contributed by atoms with E-state index in [1.807, 2.05) is 0 Å². The van der Waals surface area contributed by atoms with Crippen molar-refractivity contribution < 1.29 is 13.9 Å². The van der Waals surface area contributed by atoms with Crippen molar-refractivity contribution in [2.45, 2.75) is 19.8 Å². The Morgan fingerprint density at radius 2 is 2.14 bits per heavy atom. The monoisotopic (exact) mass is 202 g/mol. The molecule has 82 valence electrons. The number of piperidine rings is 1. The summed E-state index contributed by atoms with van der Waals surface area (Å²) in [5.74, 6) is 0.256. The molecule has 0 aliphatic carbocycles. The van der Waals surface area contributed by atoms with E-state index < -0.39 is 0 Å². The molecule has 0 radical (unpaired) electrons. The molecule has 14 heavy (non-hydrogen) atoms. The van der Waals surface area contributed by atoms with Crippen molar-refractivity contribution in [1.29, 1.82) is 0 Å². The summed E-state index contributed by atoms with van der Waals surface area (Å²) in [6, 6.07) is 0. The van der Waals surface area contributed by atoms with Gasteiger partial charge in [-0.2, -0.15) is 0 Å². The van der Waals surface area contributed by atoms with E-state index in [0.717, 1.165) is 25.9 Å². The van der Waals surface area contributed by atoms with Gasteiger partial charge in [0.05, 0.1) is 6.61 Å². The topological polar surface area (TPSA) is 29.5 Å². The Bertz CT molecular complexity index is 179. The first-order chi connectivity index (χ1) is 6.72. The number of esters is 1. The van der Waals surface area contributed by atoms with Crippen LogP contribution in [0.5, 0.6) is 0 Å².